The van der Waals surface area contributed by atoms with Gasteiger partial charge < -0.3 is 14.8 Å². The average molecular weight is 414 g/mol. The van der Waals surface area contributed by atoms with Crippen LogP contribution in [0.1, 0.15) is 6.92 Å². The van der Waals surface area contributed by atoms with Crippen molar-refractivity contribution < 1.29 is 14.3 Å². The standard InChI is InChI=1S/C19H16BrN3O3/c1-13(18(24)23-15-5-3-2-4-6-15)25-16-7-9-17(10-8-16)26-19-21-11-14(20)12-22-19/h2-13H,1H3,(H,23,24). The number of aromatic nitrogens is 2. The SMILES string of the molecule is CC(Oc1ccc(Oc2ncc(Br)cn2)cc1)C(=O)Nc1ccccc1. The Labute approximate surface area is 159 Å². The maximum absolute atomic E-state index is 12.2. The van der Waals surface area contributed by atoms with E-state index in [2.05, 4.69) is 31.2 Å². The largest absolute Gasteiger partial charge is 0.481 e. The molecular weight excluding hydrogens is 398 g/mol. The summed E-state index contributed by atoms with van der Waals surface area (Å²) >= 11 is 3.27. The lowest BCUT2D eigenvalue weighted by Crippen LogP contribution is -2.30. The second-order valence-corrected chi connectivity index (χ2v) is 6.29. The van der Waals surface area contributed by atoms with E-state index >= 15 is 0 Å². The van der Waals surface area contributed by atoms with Crippen LogP contribution in [-0.2, 0) is 4.79 Å². The second-order valence-electron chi connectivity index (χ2n) is 5.37. The van der Waals surface area contributed by atoms with Gasteiger partial charge in [-0.1, -0.05) is 18.2 Å². The van der Waals surface area contributed by atoms with Gasteiger partial charge in [0.05, 0.1) is 4.47 Å². The number of nitrogens with one attached hydrogen (secondary N) is 1. The lowest BCUT2D eigenvalue weighted by Gasteiger charge is -2.15. The number of rotatable bonds is 6. The summed E-state index contributed by atoms with van der Waals surface area (Å²) in [5.41, 5.74) is 0.728. The van der Waals surface area contributed by atoms with E-state index in [0.29, 0.717) is 11.5 Å². The normalized spacial score (nSPS) is 11.5. The summed E-state index contributed by atoms with van der Waals surface area (Å²) in [6, 6.07) is 16.4. The zero-order valence-electron chi connectivity index (χ0n) is 13.9. The molecule has 3 rings (SSSR count). The van der Waals surface area contributed by atoms with Gasteiger partial charge in [-0.15, -0.1) is 0 Å². The van der Waals surface area contributed by atoms with Crippen molar-refractivity contribution in [1.29, 1.82) is 0 Å². The van der Waals surface area contributed by atoms with Crippen molar-refractivity contribution in [3.8, 4) is 17.5 Å². The molecule has 6 nitrogen and oxygen atoms in total. The highest BCUT2D eigenvalue weighted by Crippen LogP contribution is 2.22. The van der Waals surface area contributed by atoms with E-state index in [4.69, 9.17) is 9.47 Å². The molecule has 0 radical (unpaired) electrons. The summed E-state index contributed by atoms with van der Waals surface area (Å²) in [6.45, 7) is 1.69. The maximum atomic E-state index is 12.2. The van der Waals surface area contributed by atoms with E-state index in [9.17, 15) is 4.79 Å². The first-order valence-electron chi connectivity index (χ1n) is 7.88. The third-order valence-electron chi connectivity index (χ3n) is 3.35. The van der Waals surface area contributed by atoms with Crippen LogP contribution in [-0.4, -0.2) is 22.0 Å². The van der Waals surface area contributed by atoms with Crippen molar-refractivity contribution in [3.63, 3.8) is 0 Å². The molecule has 0 fully saturated rings. The lowest BCUT2D eigenvalue weighted by atomic mass is 10.3. The van der Waals surface area contributed by atoms with Crippen LogP contribution < -0.4 is 14.8 Å². The number of amides is 1. The van der Waals surface area contributed by atoms with Gasteiger partial charge in [-0.2, -0.15) is 0 Å². The van der Waals surface area contributed by atoms with Gasteiger partial charge in [0.1, 0.15) is 11.5 Å². The number of carbonyl (C=O) groups excluding carboxylic acids is 1. The fourth-order valence-electron chi connectivity index (χ4n) is 2.07. The fraction of sp³-hybridized carbons (Fsp3) is 0.105. The smallest absolute Gasteiger partial charge is 0.321 e. The first-order chi connectivity index (χ1) is 12.6. The zero-order valence-corrected chi connectivity index (χ0v) is 15.5. The lowest BCUT2D eigenvalue weighted by molar-refractivity contribution is -0.122. The molecule has 26 heavy (non-hydrogen) atoms. The van der Waals surface area contributed by atoms with Crippen molar-refractivity contribution in [3.05, 3.63) is 71.5 Å². The molecule has 7 heteroatoms. The third kappa shape index (κ3) is 5.03. The summed E-state index contributed by atoms with van der Waals surface area (Å²) in [5, 5.41) is 2.80. The van der Waals surface area contributed by atoms with Crippen LogP contribution in [0.4, 0.5) is 5.69 Å². The molecule has 1 amide bonds. The van der Waals surface area contributed by atoms with Crippen LogP contribution in [0.2, 0.25) is 0 Å². The van der Waals surface area contributed by atoms with Crippen LogP contribution in [0.25, 0.3) is 0 Å². The first-order valence-corrected chi connectivity index (χ1v) is 8.67. The fourth-order valence-corrected chi connectivity index (χ4v) is 2.27. The molecule has 0 saturated heterocycles. The quantitative estimate of drug-likeness (QED) is 0.646. The number of hydrogen-bond acceptors (Lipinski definition) is 5. The second kappa shape index (κ2) is 8.44. The molecule has 0 aliphatic heterocycles. The van der Waals surface area contributed by atoms with Crippen molar-refractivity contribution >= 4 is 27.5 Å². The Morgan fingerprint density at radius 2 is 1.62 bits per heavy atom. The Balaban J connectivity index is 1.56. The molecule has 3 aromatic rings. The molecule has 1 aromatic heterocycles. The minimum Gasteiger partial charge on any atom is -0.481 e. The van der Waals surface area contributed by atoms with Crippen LogP contribution in [0.5, 0.6) is 17.5 Å². The number of benzene rings is 2. The summed E-state index contributed by atoms with van der Waals surface area (Å²) in [7, 11) is 0. The molecule has 0 aliphatic rings. The number of hydrogen-bond donors (Lipinski definition) is 1. The number of ether oxygens (including phenoxy) is 2. The van der Waals surface area contributed by atoms with Crippen molar-refractivity contribution in [1.82, 2.24) is 9.97 Å². The Kier molecular flexibility index (Phi) is 5.80. The first kappa shape index (κ1) is 17.9. The third-order valence-corrected chi connectivity index (χ3v) is 3.76. The van der Waals surface area contributed by atoms with Gasteiger partial charge in [-0.3, -0.25) is 4.79 Å². The molecule has 2 aromatic carbocycles. The Morgan fingerprint density at radius 3 is 2.27 bits per heavy atom. The highest BCUT2D eigenvalue weighted by atomic mass is 79.9. The number of nitrogens with zero attached hydrogens (tertiary/aromatic N) is 2. The minimum atomic E-state index is -0.642. The molecule has 1 N–H and O–H groups in total. The number of halogens is 1. The molecule has 1 heterocycles. The number of anilines is 1. The number of carbonyl (C=O) groups is 1. The zero-order chi connectivity index (χ0) is 18.4. The van der Waals surface area contributed by atoms with Crippen molar-refractivity contribution in [2.75, 3.05) is 5.32 Å². The van der Waals surface area contributed by atoms with E-state index in [1.54, 1.807) is 43.6 Å². The van der Waals surface area contributed by atoms with Gasteiger partial charge in [0.15, 0.2) is 6.10 Å². The van der Waals surface area contributed by atoms with E-state index in [1.807, 2.05) is 30.3 Å². The Morgan fingerprint density at radius 1 is 1.00 bits per heavy atom. The molecule has 0 spiro atoms. The minimum absolute atomic E-state index is 0.222. The molecule has 0 saturated carbocycles. The van der Waals surface area contributed by atoms with Crippen LogP contribution in [0.15, 0.2) is 71.5 Å². The monoisotopic (exact) mass is 413 g/mol. The summed E-state index contributed by atoms with van der Waals surface area (Å²) < 4.78 is 12.0. The van der Waals surface area contributed by atoms with Crippen molar-refractivity contribution in [2.45, 2.75) is 13.0 Å². The highest BCUT2D eigenvalue weighted by molar-refractivity contribution is 9.10. The van der Waals surface area contributed by atoms with Gasteiger partial charge in [0.25, 0.3) is 5.91 Å². The van der Waals surface area contributed by atoms with Gasteiger partial charge in [0.2, 0.25) is 0 Å². The van der Waals surface area contributed by atoms with E-state index in [0.717, 1.165) is 10.2 Å². The van der Waals surface area contributed by atoms with E-state index in [-0.39, 0.29) is 11.9 Å². The predicted octanol–water partition coefficient (Wildman–Crippen LogP) is 4.44. The maximum Gasteiger partial charge on any atom is 0.321 e. The van der Waals surface area contributed by atoms with Crippen LogP contribution in [0, 0.1) is 0 Å². The molecule has 1 atom stereocenters. The van der Waals surface area contributed by atoms with E-state index in [1.165, 1.54) is 0 Å². The predicted molar refractivity (Wildman–Crippen MR) is 101 cm³/mol. The summed E-state index contributed by atoms with van der Waals surface area (Å²) in [5.74, 6) is 0.908. The average Bonchev–Trinajstić information content (AvgIpc) is 2.66. The van der Waals surface area contributed by atoms with Gasteiger partial charge in [-0.25, -0.2) is 9.97 Å². The molecule has 0 aliphatic carbocycles. The van der Waals surface area contributed by atoms with Gasteiger partial charge >= 0.3 is 6.01 Å². The van der Waals surface area contributed by atoms with E-state index < -0.39 is 6.10 Å². The van der Waals surface area contributed by atoms with Crippen LogP contribution in [0.3, 0.4) is 0 Å². The Hall–Kier alpha value is -2.93. The van der Waals surface area contributed by atoms with Crippen molar-refractivity contribution in [2.24, 2.45) is 0 Å². The molecule has 0 bridgehead atoms. The summed E-state index contributed by atoms with van der Waals surface area (Å²) in [4.78, 5) is 20.3. The van der Waals surface area contributed by atoms with Crippen LogP contribution >= 0.6 is 15.9 Å². The van der Waals surface area contributed by atoms with Gasteiger partial charge in [0, 0.05) is 18.1 Å². The Bertz CT molecular complexity index is 855. The topological polar surface area (TPSA) is 73.3 Å². The molecule has 1 unspecified atom stereocenters. The highest BCUT2D eigenvalue weighted by Gasteiger charge is 2.15. The molecular formula is C19H16BrN3O3. The number of para-hydroxylation sites is 1. The summed E-state index contributed by atoms with van der Waals surface area (Å²) in [6.07, 6.45) is 2.57. The van der Waals surface area contributed by atoms with Gasteiger partial charge in [-0.05, 0) is 59.3 Å². The molecule has 132 valence electrons.